The quantitative estimate of drug-likeness (QED) is 0.528. The number of carbonyl (C=O) groups excluding carboxylic acids is 2. The Balaban J connectivity index is 1.34. The molecule has 1 aliphatic rings. The van der Waals surface area contributed by atoms with Crippen LogP contribution in [0.15, 0.2) is 63.9 Å². The third kappa shape index (κ3) is 3.75. The van der Waals surface area contributed by atoms with Gasteiger partial charge in [-0.1, -0.05) is 35.5 Å². The number of likely N-dealkylation sites (tertiary alicyclic amines) is 1. The van der Waals surface area contributed by atoms with Gasteiger partial charge in [0.25, 0.3) is 17.5 Å². The van der Waals surface area contributed by atoms with Crippen LogP contribution < -0.4 is 5.32 Å². The number of rotatable bonds is 4. The summed E-state index contributed by atoms with van der Waals surface area (Å²) >= 11 is 0. The maximum Gasteiger partial charge on any atom is 0.259 e. The highest BCUT2D eigenvalue weighted by Gasteiger charge is 2.27. The minimum Gasteiger partial charge on any atom is -0.472 e. The van der Waals surface area contributed by atoms with Crippen LogP contribution in [-0.4, -0.2) is 46.0 Å². The van der Waals surface area contributed by atoms with Gasteiger partial charge in [0.1, 0.15) is 6.26 Å². The van der Waals surface area contributed by atoms with E-state index in [4.69, 9.17) is 8.94 Å². The zero-order chi connectivity index (χ0) is 22.1. The molecule has 0 bridgehead atoms. The predicted octanol–water partition coefficient (Wildman–Crippen LogP) is 3.83. The molecule has 8 heteroatoms. The average molecular weight is 430 g/mol. The van der Waals surface area contributed by atoms with E-state index in [9.17, 15) is 9.59 Å². The first-order chi connectivity index (χ1) is 15.6. The maximum atomic E-state index is 13.3. The van der Waals surface area contributed by atoms with Crippen molar-refractivity contribution in [3.8, 4) is 11.3 Å². The molecule has 3 aromatic heterocycles. The van der Waals surface area contributed by atoms with Gasteiger partial charge in [0.2, 0.25) is 0 Å². The van der Waals surface area contributed by atoms with E-state index in [1.165, 1.54) is 12.5 Å². The first-order valence-electron chi connectivity index (χ1n) is 10.5. The number of amides is 2. The van der Waals surface area contributed by atoms with Crippen LogP contribution in [0, 0.1) is 6.92 Å². The molecule has 0 unspecified atom stereocenters. The van der Waals surface area contributed by atoms with Gasteiger partial charge in [-0.05, 0) is 31.9 Å². The molecule has 0 spiro atoms. The molecule has 0 radical (unpaired) electrons. The number of furan rings is 1. The summed E-state index contributed by atoms with van der Waals surface area (Å²) in [5.74, 6) is -0.243. The number of nitrogens with zero attached hydrogens (tertiary/aromatic N) is 3. The molecule has 32 heavy (non-hydrogen) atoms. The lowest BCUT2D eigenvalue weighted by Crippen LogP contribution is -2.46. The van der Waals surface area contributed by atoms with Crippen LogP contribution in [0.25, 0.3) is 22.4 Å². The van der Waals surface area contributed by atoms with E-state index in [2.05, 4.69) is 15.5 Å². The Bertz CT molecular complexity index is 1260. The highest BCUT2D eigenvalue weighted by Crippen LogP contribution is 2.27. The number of fused-ring (bicyclic) bond motifs is 1. The van der Waals surface area contributed by atoms with Crippen LogP contribution in [0.3, 0.4) is 0 Å². The summed E-state index contributed by atoms with van der Waals surface area (Å²) in [6, 6.07) is 13.1. The number of piperidine rings is 1. The molecule has 8 nitrogen and oxygen atoms in total. The Labute approximate surface area is 184 Å². The number of aromatic nitrogens is 2. The van der Waals surface area contributed by atoms with Crippen LogP contribution in [0.5, 0.6) is 0 Å². The van der Waals surface area contributed by atoms with E-state index in [0.29, 0.717) is 59.5 Å². The van der Waals surface area contributed by atoms with Crippen LogP contribution in [-0.2, 0) is 0 Å². The van der Waals surface area contributed by atoms with Crippen molar-refractivity contribution in [3.63, 3.8) is 0 Å². The van der Waals surface area contributed by atoms with Crippen molar-refractivity contribution >= 4 is 22.9 Å². The Morgan fingerprint density at radius 1 is 1.12 bits per heavy atom. The Kier molecular flexibility index (Phi) is 5.18. The van der Waals surface area contributed by atoms with Crippen molar-refractivity contribution in [2.45, 2.75) is 25.8 Å². The van der Waals surface area contributed by atoms with Crippen LogP contribution >= 0.6 is 0 Å². The zero-order valence-corrected chi connectivity index (χ0v) is 17.6. The van der Waals surface area contributed by atoms with Gasteiger partial charge in [0.05, 0.1) is 34.2 Å². The molecular weight excluding hydrogens is 408 g/mol. The molecule has 2 amide bonds. The fourth-order valence-corrected chi connectivity index (χ4v) is 4.09. The normalized spacial score (nSPS) is 14.6. The average Bonchev–Trinajstić information content (AvgIpc) is 3.50. The molecule has 1 aliphatic heterocycles. The molecule has 1 N–H and O–H groups in total. The number of carbonyl (C=O) groups is 2. The monoisotopic (exact) mass is 430 g/mol. The maximum absolute atomic E-state index is 13.3. The van der Waals surface area contributed by atoms with Crippen molar-refractivity contribution in [2.75, 3.05) is 13.1 Å². The minimum absolute atomic E-state index is 0.0283. The Hall–Kier alpha value is -3.94. The first kappa shape index (κ1) is 20.0. The SMILES string of the molecule is Cc1noc2nc(-c3ccccc3)cc(C(=O)NC3CCN(C(=O)c4ccoc4)CC3)c12. The first-order valence-corrected chi connectivity index (χ1v) is 10.5. The third-order valence-electron chi connectivity index (χ3n) is 5.82. The summed E-state index contributed by atoms with van der Waals surface area (Å²) in [4.78, 5) is 32.1. The summed E-state index contributed by atoms with van der Waals surface area (Å²) in [7, 11) is 0. The highest BCUT2D eigenvalue weighted by atomic mass is 16.5. The van der Waals surface area contributed by atoms with Gasteiger partial charge in [0, 0.05) is 24.7 Å². The fraction of sp³-hybridized carbons (Fsp3) is 0.250. The smallest absolute Gasteiger partial charge is 0.259 e. The van der Waals surface area contributed by atoms with Crippen LogP contribution in [0.1, 0.15) is 39.3 Å². The van der Waals surface area contributed by atoms with E-state index in [-0.39, 0.29) is 17.9 Å². The molecule has 0 aliphatic carbocycles. The van der Waals surface area contributed by atoms with Crippen LogP contribution in [0.4, 0.5) is 0 Å². The van der Waals surface area contributed by atoms with Crippen molar-refractivity contribution < 1.29 is 18.5 Å². The third-order valence-corrected chi connectivity index (χ3v) is 5.82. The van der Waals surface area contributed by atoms with Gasteiger partial charge in [0.15, 0.2) is 0 Å². The molecule has 1 saturated heterocycles. The molecule has 5 rings (SSSR count). The van der Waals surface area contributed by atoms with Gasteiger partial charge in [-0.2, -0.15) is 0 Å². The van der Waals surface area contributed by atoms with E-state index < -0.39 is 0 Å². The fourth-order valence-electron chi connectivity index (χ4n) is 4.09. The second-order valence-corrected chi connectivity index (χ2v) is 7.92. The molecule has 1 aromatic carbocycles. The summed E-state index contributed by atoms with van der Waals surface area (Å²) in [5.41, 5.74) is 3.54. The van der Waals surface area contributed by atoms with Gasteiger partial charge in [-0.3, -0.25) is 9.59 Å². The predicted molar refractivity (Wildman–Crippen MR) is 117 cm³/mol. The molecule has 4 heterocycles. The summed E-state index contributed by atoms with van der Waals surface area (Å²) < 4.78 is 10.4. The molecule has 162 valence electrons. The standard InChI is InChI=1S/C24H22N4O4/c1-15-21-19(13-20(26-23(21)32-27-15)16-5-3-2-4-6-16)22(29)25-18-7-10-28(11-8-18)24(30)17-9-12-31-14-17/h2-6,9,12-14,18H,7-8,10-11H2,1H3,(H,25,29). The van der Waals surface area contributed by atoms with E-state index in [1.807, 2.05) is 30.3 Å². The Morgan fingerprint density at radius 3 is 2.62 bits per heavy atom. The number of nitrogens with one attached hydrogen (secondary N) is 1. The lowest BCUT2D eigenvalue weighted by Gasteiger charge is -2.32. The Morgan fingerprint density at radius 2 is 1.91 bits per heavy atom. The van der Waals surface area contributed by atoms with Gasteiger partial charge in [-0.25, -0.2) is 4.98 Å². The van der Waals surface area contributed by atoms with Crippen LogP contribution in [0.2, 0.25) is 0 Å². The molecule has 0 saturated carbocycles. The van der Waals surface area contributed by atoms with Gasteiger partial charge >= 0.3 is 0 Å². The molecule has 4 aromatic rings. The molecular formula is C24H22N4O4. The summed E-state index contributed by atoms with van der Waals surface area (Å²) in [6.07, 6.45) is 4.30. The van der Waals surface area contributed by atoms with E-state index >= 15 is 0 Å². The zero-order valence-electron chi connectivity index (χ0n) is 17.6. The van der Waals surface area contributed by atoms with Crippen molar-refractivity contribution in [3.05, 3.63) is 71.8 Å². The number of hydrogen-bond donors (Lipinski definition) is 1. The number of pyridine rings is 1. The van der Waals surface area contributed by atoms with Crippen molar-refractivity contribution in [2.24, 2.45) is 0 Å². The van der Waals surface area contributed by atoms with E-state index in [0.717, 1.165) is 5.56 Å². The lowest BCUT2D eigenvalue weighted by atomic mass is 10.0. The van der Waals surface area contributed by atoms with E-state index in [1.54, 1.807) is 24.0 Å². The summed E-state index contributed by atoms with van der Waals surface area (Å²) in [5, 5.41) is 7.75. The second kappa shape index (κ2) is 8.30. The lowest BCUT2D eigenvalue weighted by molar-refractivity contribution is 0.0697. The van der Waals surface area contributed by atoms with Gasteiger partial charge < -0.3 is 19.2 Å². The highest BCUT2D eigenvalue weighted by molar-refractivity contribution is 6.07. The molecule has 0 atom stereocenters. The number of benzene rings is 1. The number of aryl methyl sites for hydroxylation is 1. The van der Waals surface area contributed by atoms with Crippen molar-refractivity contribution in [1.29, 1.82) is 0 Å². The van der Waals surface area contributed by atoms with Gasteiger partial charge in [-0.15, -0.1) is 0 Å². The van der Waals surface area contributed by atoms with Crippen molar-refractivity contribution in [1.82, 2.24) is 20.4 Å². The summed E-state index contributed by atoms with van der Waals surface area (Å²) in [6.45, 7) is 2.94. The number of hydrogen-bond acceptors (Lipinski definition) is 6. The topological polar surface area (TPSA) is 101 Å². The largest absolute Gasteiger partial charge is 0.472 e. The second-order valence-electron chi connectivity index (χ2n) is 7.92. The minimum atomic E-state index is -0.194. The molecule has 1 fully saturated rings.